The number of nitrogens with zero attached hydrogens (tertiary/aromatic N) is 6. The molecule has 6 heterocycles. The molecule has 2 saturated heterocycles. The van der Waals surface area contributed by atoms with E-state index in [0.29, 0.717) is 65.4 Å². The van der Waals surface area contributed by atoms with E-state index in [1.54, 1.807) is 45.0 Å². The number of hydrogen-bond donors (Lipinski definition) is 6. The van der Waals surface area contributed by atoms with Gasteiger partial charge in [-0.15, -0.1) is 22.7 Å². The number of alkyl halides is 1. The van der Waals surface area contributed by atoms with E-state index in [0.717, 1.165) is 70.9 Å². The van der Waals surface area contributed by atoms with Gasteiger partial charge in [0.25, 0.3) is 23.6 Å². The van der Waals surface area contributed by atoms with Crippen molar-refractivity contribution in [3.63, 3.8) is 0 Å². The van der Waals surface area contributed by atoms with Crippen LogP contribution in [0.1, 0.15) is 176 Å². The highest BCUT2D eigenvalue weighted by Crippen LogP contribution is 2.56. The topological polar surface area (TPSA) is 215 Å². The summed E-state index contributed by atoms with van der Waals surface area (Å²) in [6.45, 7) is 14.0. The van der Waals surface area contributed by atoms with Crippen LogP contribution >= 0.6 is 22.7 Å². The van der Waals surface area contributed by atoms with Crippen molar-refractivity contribution in [2.24, 2.45) is 5.41 Å². The molecular formula is C53H73FN10O6S2. The summed E-state index contributed by atoms with van der Waals surface area (Å²) in [4.78, 5) is 75.6. The zero-order valence-electron chi connectivity index (χ0n) is 43.0. The normalized spacial score (nSPS) is 19.5. The lowest BCUT2D eigenvalue weighted by Crippen LogP contribution is -2.49. The van der Waals surface area contributed by atoms with Crippen LogP contribution in [0.4, 0.5) is 16.0 Å². The fourth-order valence-corrected chi connectivity index (χ4v) is 12.5. The number of carbonyl (C=O) groups is 4. The first-order valence-corrected chi connectivity index (χ1v) is 27.5. The Kier molecular flexibility index (Phi) is 16.4. The molecule has 6 N–H and O–H groups in total. The standard InChI is InChI=1S/C27H36FN5O3S.C26H37N5O3S/c1-16-11-20(31-18-12-27(13-18)7-4-8-27)29-14-19(16)22-21(25(35)33-9-5-17(28)6-10-33)32-24(37-22)23(34)30-15-26(2,3)36;1-16-13-20(29-18-10-6-5-7-11-18)27-14-19(16)22-21(25(33)31-12-8-9-17(31)2)30-24(35-22)23(32)28-15-26(3,4)34/h11,14,17-18,36H,4-10,12-13,15H2,1-3H3,(H,29,31)(H,30,34);13-14,17-18,34H,5-12,15H2,1-4H3,(H,27,29)(H,28,32)/t;17-/m.0/s1. The van der Waals surface area contributed by atoms with Gasteiger partial charge in [-0.3, -0.25) is 19.2 Å². The lowest BCUT2D eigenvalue weighted by Gasteiger charge is -2.54. The zero-order chi connectivity index (χ0) is 51.5. The molecule has 9 rings (SSSR count). The Bertz CT molecular complexity index is 2600. The SMILES string of the molecule is Cc1cc(NC2CC3(CCC3)C2)ncc1-c1sc(C(=O)NCC(C)(C)O)nc1C(=O)N1CCC(F)CC1.Cc1cc(NC2CCCCC2)ncc1-c1sc(C(=O)NCC(C)(C)O)nc1C(=O)N1CCC[C@@H]1C. The molecule has 0 bridgehead atoms. The van der Waals surface area contributed by atoms with Crippen molar-refractivity contribution < 1.29 is 33.8 Å². The van der Waals surface area contributed by atoms with Crippen LogP contribution in [0.25, 0.3) is 20.9 Å². The molecule has 3 aliphatic carbocycles. The van der Waals surface area contributed by atoms with Crippen molar-refractivity contribution in [3.8, 4) is 20.9 Å². The largest absolute Gasteiger partial charge is 0.389 e. The second-order valence-corrected chi connectivity index (χ2v) is 24.2. The molecule has 19 heteroatoms. The first-order chi connectivity index (χ1) is 34.1. The van der Waals surface area contributed by atoms with E-state index < -0.39 is 29.2 Å². The number of rotatable bonds is 14. The quantitative estimate of drug-likeness (QED) is 0.0700. The highest BCUT2D eigenvalue weighted by molar-refractivity contribution is 7.17. The first-order valence-electron chi connectivity index (χ1n) is 25.9. The number of piperidine rings is 1. The third-order valence-corrected chi connectivity index (χ3v) is 16.9. The van der Waals surface area contributed by atoms with E-state index in [-0.39, 0.29) is 46.7 Å². The highest BCUT2D eigenvalue weighted by atomic mass is 32.1. The van der Waals surface area contributed by atoms with Gasteiger partial charge in [-0.25, -0.2) is 24.3 Å². The van der Waals surface area contributed by atoms with Gasteiger partial charge in [0, 0.05) is 74.4 Å². The van der Waals surface area contributed by atoms with E-state index in [9.17, 15) is 33.8 Å². The van der Waals surface area contributed by atoms with E-state index in [1.165, 1.54) is 62.7 Å². The van der Waals surface area contributed by atoms with Crippen LogP contribution in [0.3, 0.4) is 0 Å². The number of anilines is 2. The molecule has 16 nitrogen and oxygen atoms in total. The molecule has 2 aliphatic heterocycles. The molecular weight excluding hydrogens is 956 g/mol. The third-order valence-electron chi connectivity index (χ3n) is 14.7. The molecule has 0 aromatic carbocycles. The van der Waals surface area contributed by atoms with E-state index >= 15 is 0 Å². The molecule has 4 amide bonds. The van der Waals surface area contributed by atoms with Crippen molar-refractivity contribution in [3.05, 3.63) is 57.1 Å². The van der Waals surface area contributed by atoms with Gasteiger partial charge in [-0.1, -0.05) is 25.7 Å². The van der Waals surface area contributed by atoms with E-state index in [1.807, 2.05) is 37.8 Å². The Labute approximate surface area is 430 Å². The Morgan fingerprint density at radius 3 is 1.64 bits per heavy atom. The predicted molar refractivity (Wildman–Crippen MR) is 281 cm³/mol. The molecule has 4 aromatic rings. The van der Waals surface area contributed by atoms with Crippen LogP contribution in [-0.4, -0.2) is 132 Å². The predicted octanol–water partition coefficient (Wildman–Crippen LogP) is 8.72. The minimum absolute atomic E-state index is 0.0530. The molecule has 4 aromatic heterocycles. The second-order valence-electron chi connectivity index (χ2n) is 22.2. The number of aryl methyl sites for hydroxylation is 2. The van der Waals surface area contributed by atoms with Gasteiger partial charge in [0.1, 0.15) is 29.2 Å². The van der Waals surface area contributed by atoms with Crippen molar-refractivity contribution in [2.45, 2.75) is 174 Å². The maximum Gasteiger partial charge on any atom is 0.280 e. The van der Waals surface area contributed by atoms with Crippen LogP contribution in [0, 0.1) is 19.3 Å². The fraction of sp³-hybridized carbons (Fsp3) is 0.623. The fourth-order valence-electron chi connectivity index (χ4n) is 10.4. The van der Waals surface area contributed by atoms with Gasteiger partial charge >= 0.3 is 0 Å². The zero-order valence-corrected chi connectivity index (χ0v) is 44.6. The number of pyridine rings is 2. The van der Waals surface area contributed by atoms with Crippen LogP contribution in [0.15, 0.2) is 24.5 Å². The summed E-state index contributed by atoms with van der Waals surface area (Å²) in [6, 6.07) is 5.04. The maximum atomic E-state index is 13.7. The summed E-state index contributed by atoms with van der Waals surface area (Å²) in [7, 11) is 0. The number of carbonyl (C=O) groups excluding carboxylic acids is 4. The van der Waals surface area contributed by atoms with Gasteiger partial charge in [0.05, 0.1) is 21.0 Å². The van der Waals surface area contributed by atoms with Crippen molar-refractivity contribution in [1.29, 1.82) is 0 Å². The van der Waals surface area contributed by atoms with E-state index in [2.05, 4.69) is 41.2 Å². The number of thiazole rings is 2. The van der Waals surface area contributed by atoms with Gasteiger partial charge in [-0.05, 0) is 141 Å². The van der Waals surface area contributed by atoms with Crippen molar-refractivity contribution in [1.82, 2.24) is 40.4 Å². The van der Waals surface area contributed by atoms with E-state index in [4.69, 9.17) is 0 Å². The van der Waals surface area contributed by atoms with Crippen molar-refractivity contribution in [2.75, 3.05) is 43.4 Å². The molecule has 5 fully saturated rings. The van der Waals surface area contributed by atoms with Crippen molar-refractivity contribution >= 4 is 57.9 Å². The lowest BCUT2D eigenvalue weighted by atomic mass is 9.54. The summed E-state index contributed by atoms with van der Waals surface area (Å²) in [5.41, 5.74) is 2.42. The summed E-state index contributed by atoms with van der Waals surface area (Å²) >= 11 is 2.34. The van der Waals surface area contributed by atoms with Gasteiger partial charge in [0.15, 0.2) is 10.0 Å². The Morgan fingerprint density at radius 2 is 1.19 bits per heavy atom. The second kappa shape index (κ2) is 22.2. The maximum absolute atomic E-state index is 13.7. The monoisotopic (exact) mass is 1030 g/mol. The Hall–Kier alpha value is -5.11. The molecule has 72 heavy (non-hydrogen) atoms. The minimum Gasteiger partial charge on any atom is -0.389 e. The van der Waals surface area contributed by atoms with Crippen LogP contribution in [0.5, 0.6) is 0 Å². The number of hydrogen-bond acceptors (Lipinski definition) is 14. The van der Waals surface area contributed by atoms with Gasteiger partial charge < -0.3 is 41.3 Å². The number of halogens is 1. The number of aliphatic hydroxyl groups is 2. The third kappa shape index (κ3) is 13.0. The van der Waals surface area contributed by atoms with Crippen LogP contribution in [-0.2, 0) is 0 Å². The lowest BCUT2D eigenvalue weighted by molar-refractivity contribution is 0.0191. The number of aromatic nitrogens is 4. The molecule has 0 radical (unpaired) electrons. The number of likely N-dealkylation sites (tertiary alicyclic amines) is 2. The molecule has 0 unspecified atom stereocenters. The Morgan fingerprint density at radius 1 is 0.694 bits per heavy atom. The molecule has 1 atom stereocenters. The summed E-state index contributed by atoms with van der Waals surface area (Å²) < 4.78 is 13.7. The highest BCUT2D eigenvalue weighted by Gasteiger charge is 2.48. The number of amides is 4. The Balaban J connectivity index is 0.000000193. The molecule has 5 aliphatic rings. The van der Waals surface area contributed by atoms with Gasteiger partial charge in [0.2, 0.25) is 0 Å². The van der Waals surface area contributed by atoms with Gasteiger partial charge in [-0.2, -0.15) is 0 Å². The molecule has 1 spiro atoms. The number of nitrogens with one attached hydrogen (secondary N) is 4. The molecule has 390 valence electrons. The summed E-state index contributed by atoms with van der Waals surface area (Å²) in [5.74, 6) is 0.354. The summed E-state index contributed by atoms with van der Waals surface area (Å²) in [6.07, 6.45) is 17.7. The average Bonchev–Trinajstić information content (AvgIpc) is 4.07. The van der Waals surface area contributed by atoms with Crippen LogP contribution in [0.2, 0.25) is 0 Å². The molecule has 3 saturated carbocycles. The minimum atomic E-state index is -1.08. The average molecular weight is 1030 g/mol. The van der Waals surface area contributed by atoms with Crippen LogP contribution < -0.4 is 21.3 Å². The smallest absolute Gasteiger partial charge is 0.280 e. The summed E-state index contributed by atoms with van der Waals surface area (Å²) in [5, 5.41) is 32.8. The first kappa shape index (κ1) is 53.2.